The molecule has 6 heteroatoms. The maximum absolute atomic E-state index is 4.41. The van der Waals surface area contributed by atoms with E-state index in [0.29, 0.717) is 18.5 Å². The Morgan fingerprint density at radius 3 is 2.90 bits per heavy atom. The number of aromatic nitrogens is 5. The van der Waals surface area contributed by atoms with Gasteiger partial charge in [-0.15, -0.1) is 0 Å². The van der Waals surface area contributed by atoms with E-state index >= 15 is 0 Å². The molecule has 0 spiro atoms. The fourth-order valence-electron chi connectivity index (χ4n) is 2.23. The van der Waals surface area contributed by atoms with E-state index in [1.807, 2.05) is 15.6 Å². The number of hydrogen-bond donors (Lipinski definition) is 1. The summed E-state index contributed by atoms with van der Waals surface area (Å²) in [6, 6.07) is 2.78. The number of nitrogens with zero attached hydrogens (tertiary/aromatic N) is 5. The van der Waals surface area contributed by atoms with Crippen LogP contribution in [0, 0.1) is 5.92 Å². The van der Waals surface area contributed by atoms with E-state index in [2.05, 4.69) is 40.4 Å². The Morgan fingerprint density at radius 2 is 2.15 bits per heavy atom. The van der Waals surface area contributed by atoms with Gasteiger partial charge in [0.05, 0.1) is 5.69 Å². The lowest BCUT2D eigenvalue weighted by Crippen LogP contribution is -2.20. The van der Waals surface area contributed by atoms with Gasteiger partial charge in [-0.1, -0.05) is 13.8 Å². The minimum absolute atomic E-state index is 0.559. The zero-order chi connectivity index (χ0) is 13.9. The molecule has 6 nitrogen and oxygen atoms in total. The maximum atomic E-state index is 4.41. The van der Waals surface area contributed by atoms with E-state index in [0.717, 1.165) is 18.9 Å². The number of rotatable bonds is 7. The first-order chi connectivity index (χ1) is 9.72. The van der Waals surface area contributed by atoms with Crippen LogP contribution >= 0.6 is 0 Å². The molecule has 0 bridgehead atoms. The zero-order valence-corrected chi connectivity index (χ0v) is 12.2. The molecule has 1 saturated carbocycles. The van der Waals surface area contributed by atoms with Crippen molar-refractivity contribution >= 4 is 0 Å². The molecule has 1 N–H and O–H groups in total. The molecule has 0 aliphatic heterocycles. The predicted molar refractivity (Wildman–Crippen MR) is 76.1 cm³/mol. The zero-order valence-electron chi connectivity index (χ0n) is 12.2. The van der Waals surface area contributed by atoms with Crippen LogP contribution in [-0.4, -0.2) is 30.6 Å². The third-order valence-corrected chi connectivity index (χ3v) is 3.48. The Balaban J connectivity index is 1.67. The van der Waals surface area contributed by atoms with Gasteiger partial charge in [0.2, 0.25) is 0 Å². The topological polar surface area (TPSA) is 60.6 Å². The van der Waals surface area contributed by atoms with Gasteiger partial charge in [0.1, 0.15) is 18.7 Å². The summed E-state index contributed by atoms with van der Waals surface area (Å²) in [5.41, 5.74) is 1.20. The van der Waals surface area contributed by atoms with E-state index in [1.54, 1.807) is 6.33 Å². The molecule has 1 aliphatic rings. The molecular weight excluding hydrogens is 252 g/mol. The number of nitrogens with one attached hydrogen (secondary N) is 1. The van der Waals surface area contributed by atoms with Crippen molar-refractivity contribution in [1.29, 1.82) is 0 Å². The summed E-state index contributed by atoms with van der Waals surface area (Å²) >= 11 is 0. The fourth-order valence-corrected chi connectivity index (χ4v) is 2.23. The fraction of sp³-hybridized carbons (Fsp3) is 0.643. The largest absolute Gasteiger partial charge is 0.308 e. The summed E-state index contributed by atoms with van der Waals surface area (Å²) in [6.07, 6.45) is 6.09. The van der Waals surface area contributed by atoms with Crippen LogP contribution in [0.5, 0.6) is 0 Å². The summed E-state index contributed by atoms with van der Waals surface area (Å²) in [5.74, 6) is 1.53. The Labute approximate surface area is 119 Å². The Morgan fingerprint density at radius 1 is 1.30 bits per heavy atom. The molecule has 0 radical (unpaired) electrons. The molecule has 2 heterocycles. The lowest BCUT2D eigenvalue weighted by atomic mass is 10.2. The predicted octanol–water partition coefficient (Wildman–Crippen LogP) is 1.43. The van der Waals surface area contributed by atoms with Gasteiger partial charge in [-0.2, -0.15) is 10.2 Å². The highest BCUT2D eigenvalue weighted by molar-refractivity contribution is 5.03. The Kier molecular flexibility index (Phi) is 3.82. The van der Waals surface area contributed by atoms with Crippen LogP contribution in [-0.2, 0) is 19.6 Å². The smallest absolute Gasteiger partial charge is 0.148 e. The summed E-state index contributed by atoms with van der Waals surface area (Å²) in [5, 5.41) is 12.2. The molecule has 2 aromatic rings. The SMILES string of the molecule is CC(C)Cn1ncnc1Cn1nccc1CNC1CC1. The van der Waals surface area contributed by atoms with Gasteiger partial charge in [-0.3, -0.25) is 4.68 Å². The first-order valence-electron chi connectivity index (χ1n) is 7.33. The molecule has 1 aliphatic carbocycles. The highest BCUT2D eigenvalue weighted by Gasteiger charge is 2.20. The van der Waals surface area contributed by atoms with Gasteiger partial charge >= 0.3 is 0 Å². The lowest BCUT2D eigenvalue weighted by molar-refractivity contribution is 0.453. The van der Waals surface area contributed by atoms with Crippen LogP contribution in [0.1, 0.15) is 38.2 Å². The van der Waals surface area contributed by atoms with Crippen molar-refractivity contribution in [2.75, 3.05) is 0 Å². The standard InChI is InChI=1S/C14H22N6/c1-11(2)8-20-14(16-10-18-20)9-19-13(5-6-17-19)7-15-12-3-4-12/h5-6,10-12,15H,3-4,7-9H2,1-2H3. The van der Waals surface area contributed by atoms with Crippen LogP contribution in [0.25, 0.3) is 0 Å². The molecule has 0 amide bonds. The van der Waals surface area contributed by atoms with Gasteiger partial charge in [-0.05, 0) is 24.8 Å². The van der Waals surface area contributed by atoms with E-state index < -0.39 is 0 Å². The van der Waals surface area contributed by atoms with Crippen LogP contribution in [0.2, 0.25) is 0 Å². The molecule has 20 heavy (non-hydrogen) atoms. The minimum atomic E-state index is 0.559. The minimum Gasteiger partial charge on any atom is -0.308 e. The second kappa shape index (κ2) is 5.75. The van der Waals surface area contributed by atoms with Crippen molar-refractivity contribution in [3.8, 4) is 0 Å². The quantitative estimate of drug-likeness (QED) is 0.830. The second-order valence-corrected chi connectivity index (χ2v) is 5.89. The van der Waals surface area contributed by atoms with Crippen LogP contribution in [0.3, 0.4) is 0 Å². The van der Waals surface area contributed by atoms with E-state index in [9.17, 15) is 0 Å². The van der Waals surface area contributed by atoms with E-state index in [-0.39, 0.29) is 0 Å². The molecule has 0 saturated heterocycles. The summed E-state index contributed by atoms with van der Waals surface area (Å²) < 4.78 is 3.99. The summed E-state index contributed by atoms with van der Waals surface area (Å²) in [7, 11) is 0. The van der Waals surface area contributed by atoms with Crippen LogP contribution in [0.4, 0.5) is 0 Å². The molecule has 1 fully saturated rings. The van der Waals surface area contributed by atoms with Crippen molar-refractivity contribution in [2.45, 2.75) is 52.4 Å². The third-order valence-electron chi connectivity index (χ3n) is 3.48. The monoisotopic (exact) mass is 274 g/mol. The molecular formula is C14H22N6. The van der Waals surface area contributed by atoms with Crippen molar-refractivity contribution < 1.29 is 0 Å². The average Bonchev–Trinajstić information content (AvgIpc) is 2.98. The summed E-state index contributed by atoms with van der Waals surface area (Å²) in [4.78, 5) is 4.36. The summed E-state index contributed by atoms with van der Waals surface area (Å²) in [6.45, 7) is 6.82. The molecule has 2 aromatic heterocycles. The third kappa shape index (κ3) is 3.25. The van der Waals surface area contributed by atoms with Gasteiger partial charge < -0.3 is 5.32 Å². The van der Waals surface area contributed by atoms with Gasteiger partial charge in [0, 0.05) is 25.3 Å². The Bertz CT molecular complexity index is 552. The second-order valence-electron chi connectivity index (χ2n) is 5.89. The highest BCUT2D eigenvalue weighted by Crippen LogP contribution is 2.19. The van der Waals surface area contributed by atoms with Gasteiger partial charge in [-0.25, -0.2) is 9.67 Å². The first kappa shape index (κ1) is 13.3. The van der Waals surface area contributed by atoms with Crippen molar-refractivity contribution in [1.82, 2.24) is 29.9 Å². The lowest BCUT2D eigenvalue weighted by Gasteiger charge is -2.11. The molecule has 0 unspecified atom stereocenters. The molecule has 3 rings (SSSR count). The van der Waals surface area contributed by atoms with E-state index in [4.69, 9.17) is 0 Å². The van der Waals surface area contributed by atoms with Crippen molar-refractivity contribution in [3.05, 3.63) is 30.1 Å². The van der Waals surface area contributed by atoms with Crippen LogP contribution in [0.15, 0.2) is 18.6 Å². The van der Waals surface area contributed by atoms with E-state index in [1.165, 1.54) is 18.5 Å². The number of hydrogen-bond acceptors (Lipinski definition) is 4. The molecule has 0 aromatic carbocycles. The molecule has 108 valence electrons. The first-order valence-corrected chi connectivity index (χ1v) is 7.33. The van der Waals surface area contributed by atoms with Crippen molar-refractivity contribution in [2.24, 2.45) is 5.92 Å². The highest BCUT2D eigenvalue weighted by atomic mass is 15.4. The van der Waals surface area contributed by atoms with Crippen molar-refractivity contribution in [3.63, 3.8) is 0 Å². The van der Waals surface area contributed by atoms with Gasteiger partial charge in [0.15, 0.2) is 0 Å². The Hall–Kier alpha value is -1.69. The normalized spacial score (nSPS) is 15.2. The maximum Gasteiger partial charge on any atom is 0.148 e. The van der Waals surface area contributed by atoms with Gasteiger partial charge in [0.25, 0.3) is 0 Å². The average molecular weight is 274 g/mol. The molecule has 0 atom stereocenters. The van der Waals surface area contributed by atoms with Crippen LogP contribution < -0.4 is 5.32 Å².